The van der Waals surface area contributed by atoms with Crippen LogP contribution in [0.3, 0.4) is 0 Å². The molecule has 1 aromatic carbocycles. The Balaban J connectivity index is 2.07. The van der Waals surface area contributed by atoms with Gasteiger partial charge in [-0.25, -0.2) is 15.0 Å². The van der Waals surface area contributed by atoms with E-state index in [4.69, 9.17) is 0 Å². The molecule has 90 valence electrons. The molecule has 0 radical (unpaired) electrons. The van der Waals surface area contributed by atoms with Crippen molar-refractivity contribution in [2.75, 3.05) is 0 Å². The van der Waals surface area contributed by atoms with Crippen molar-refractivity contribution < 1.29 is 5.11 Å². The molecule has 1 atom stereocenters. The zero-order valence-electron chi connectivity index (χ0n) is 9.83. The van der Waals surface area contributed by atoms with Gasteiger partial charge in [-0.15, -0.1) is 0 Å². The summed E-state index contributed by atoms with van der Waals surface area (Å²) in [5.41, 5.74) is 2.95. The van der Waals surface area contributed by atoms with Crippen LogP contribution in [0.1, 0.15) is 23.2 Å². The Morgan fingerprint density at radius 1 is 1.17 bits per heavy atom. The van der Waals surface area contributed by atoms with E-state index in [-0.39, 0.29) is 0 Å². The molecule has 1 unspecified atom stereocenters. The molecule has 2 heterocycles. The summed E-state index contributed by atoms with van der Waals surface area (Å²) in [7, 11) is 0. The molecule has 2 aromatic heterocycles. The van der Waals surface area contributed by atoms with Crippen LogP contribution in [0.15, 0.2) is 36.7 Å². The van der Waals surface area contributed by atoms with Crippen molar-refractivity contribution in [1.29, 1.82) is 0 Å². The van der Waals surface area contributed by atoms with Gasteiger partial charge in [0.15, 0.2) is 5.65 Å². The van der Waals surface area contributed by atoms with Crippen LogP contribution >= 0.6 is 0 Å². The molecule has 3 rings (SSSR count). The number of hydrogen-bond acceptors (Lipinski definition) is 4. The molecule has 5 nitrogen and oxygen atoms in total. The van der Waals surface area contributed by atoms with Crippen molar-refractivity contribution >= 4 is 11.2 Å². The minimum Gasteiger partial charge on any atom is -0.380 e. The number of imidazole rings is 1. The lowest BCUT2D eigenvalue weighted by Gasteiger charge is -2.06. The predicted octanol–water partition coefficient (Wildman–Crippen LogP) is 1.74. The third-order valence-corrected chi connectivity index (χ3v) is 2.87. The summed E-state index contributed by atoms with van der Waals surface area (Å²) in [6.45, 7) is 1.88. The molecular formula is C13H12N4O. The Kier molecular flexibility index (Phi) is 2.53. The van der Waals surface area contributed by atoms with Crippen LogP contribution in [0.5, 0.6) is 0 Å². The Morgan fingerprint density at radius 2 is 1.94 bits per heavy atom. The third kappa shape index (κ3) is 1.74. The fourth-order valence-electron chi connectivity index (χ4n) is 1.88. The first-order chi connectivity index (χ1) is 8.75. The van der Waals surface area contributed by atoms with Gasteiger partial charge in [-0.05, 0) is 12.5 Å². The number of benzene rings is 1. The second-order valence-corrected chi connectivity index (χ2v) is 4.09. The lowest BCUT2D eigenvalue weighted by atomic mass is 10.1. The minimum absolute atomic E-state index is 0.486. The van der Waals surface area contributed by atoms with Crippen molar-refractivity contribution in [2.45, 2.75) is 13.0 Å². The molecule has 0 amide bonds. The number of aromatic amines is 1. The molecule has 0 aliphatic rings. The van der Waals surface area contributed by atoms with E-state index in [0.717, 1.165) is 16.8 Å². The standard InChI is InChI=1S/C13H12N4O/c1-8-10-12(15-7-14-8)17-13(16-10)11(18)9-5-3-2-4-6-9/h2-7,11,18H,1H3,(H,14,15,16,17). The van der Waals surface area contributed by atoms with Crippen molar-refractivity contribution in [3.8, 4) is 0 Å². The molecule has 0 saturated carbocycles. The average Bonchev–Trinajstić information content (AvgIpc) is 2.84. The summed E-state index contributed by atoms with van der Waals surface area (Å²) in [4.78, 5) is 15.5. The van der Waals surface area contributed by atoms with Crippen LogP contribution < -0.4 is 0 Å². The predicted molar refractivity (Wildman–Crippen MR) is 66.9 cm³/mol. The molecule has 0 fully saturated rings. The minimum atomic E-state index is -0.778. The number of aryl methyl sites for hydroxylation is 1. The molecule has 2 N–H and O–H groups in total. The van der Waals surface area contributed by atoms with E-state index >= 15 is 0 Å². The molecule has 3 aromatic rings. The van der Waals surface area contributed by atoms with Crippen LogP contribution in [0, 0.1) is 6.92 Å². The zero-order chi connectivity index (χ0) is 12.5. The Labute approximate surface area is 104 Å². The maximum atomic E-state index is 10.2. The summed E-state index contributed by atoms with van der Waals surface area (Å²) >= 11 is 0. The van der Waals surface area contributed by atoms with Crippen LogP contribution in [0.25, 0.3) is 11.2 Å². The van der Waals surface area contributed by atoms with Crippen LogP contribution in [-0.4, -0.2) is 25.0 Å². The highest BCUT2D eigenvalue weighted by Gasteiger charge is 2.15. The lowest BCUT2D eigenvalue weighted by Crippen LogP contribution is -2.01. The molecule has 18 heavy (non-hydrogen) atoms. The SMILES string of the molecule is Cc1ncnc2nc(C(O)c3ccccc3)[nH]c12. The van der Waals surface area contributed by atoms with Crippen molar-refractivity contribution in [3.63, 3.8) is 0 Å². The summed E-state index contributed by atoms with van der Waals surface area (Å²) in [5, 5.41) is 10.2. The van der Waals surface area contributed by atoms with E-state index in [9.17, 15) is 5.11 Å². The number of nitrogens with zero attached hydrogens (tertiary/aromatic N) is 3. The van der Waals surface area contributed by atoms with Gasteiger partial charge in [-0.1, -0.05) is 30.3 Å². The third-order valence-electron chi connectivity index (χ3n) is 2.87. The summed E-state index contributed by atoms with van der Waals surface area (Å²) in [6.07, 6.45) is 0.691. The van der Waals surface area contributed by atoms with Gasteiger partial charge in [0.2, 0.25) is 0 Å². The van der Waals surface area contributed by atoms with E-state index in [1.165, 1.54) is 6.33 Å². The molecular weight excluding hydrogens is 228 g/mol. The second kappa shape index (κ2) is 4.19. The molecule has 5 heteroatoms. The molecule has 0 saturated heterocycles. The monoisotopic (exact) mass is 240 g/mol. The maximum Gasteiger partial charge on any atom is 0.181 e. The van der Waals surface area contributed by atoms with Gasteiger partial charge in [0.25, 0.3) is 0 Å². The van der Waals surface area contributed by atoms with Gasteiger partial charge >= 0.3 is 0 Å². The topological polar surface area (TPSA) is 74.7 Å². The zero-order valence-corrected chi connectivity index (χ0v) is 9.83. The average molecular weight is 240 g/mol. The van der Waals surface area contributed by atoms with Crippen LogP contribution in [-0.2, 0) is 0 Å². The molecule has 0 bridgehead atoms. The van der Waals surface area contributed by atoms with Gasteiger partial charge in [0, 0.05) is 0 Å². The van der Waals surface area contributed by atoms with E-state index < -0.39 is 6.10 Å². The largest absolute Gasteiger partial charge is 0.380 e. The Hall–Kier alpha value is -2.27. The Bertz CT molecular complexity index is 678. The summed E-state index contributed by atoms with van der Waals surface area (Å²) in [6, 6.07) is 9.38. The summed E-state index contributed by atoms with van der Waals surface area (Å²) < 4.78 is 0. The van der Waals surface area contributed by atoms with Gasteiger partial charge in [-0.2, -0.15) is 0 Å². The van der Waals surface area contributed by atoms with Crippen LogP contribution in [0.2, 0.25) is 0 Å². The number of aromatic nitrogens is 4. The number of fused-ring (bicyclic) bond motifs is 1. The maximum absolute atomic E-state index is 10.2. The van der Waals surface area contributed by atoms with Gasteiger partial charge < -0.3 is 10.1 Å². The number of aliphatic hydroxyl groups is 1. The molecule has 0 spiro atoms. The molecule has 0 aliphatic heterocycles. The highest BCUT2D eigenvalue weighted by Crippen LogP contribution is 2.21. The van der Waals surface area contributed by atoms with Crippen molar-refractivity contribution in [3.05, 3.63) is 53.7 Å². The molecule has 0 aliphatic carbocycles. The van der Waals surface area contributed by atoms with E-state index in [0.29, 0.717) is 11.5 Å². The van der Waals surface area contributed by atoms with E-state index in [1.54, 1.807) is 0 Å². The van der Waals surface area contributed by atoms with Gasteiger partial charge in [0.05, 0.1) is 5.69 Å². The number of rotatable bonds is 2. The number of H-pyrrole nitrogens is 1. The summed E-state index contributed by atoms with van der Waals surface area (Å²) in [5.74, 6) is 0.486. The first-order valence-electron chi connectivity index (χ1n) is 5.66. The normalized spacial score (nSPS) is 12.8. The van der Waals surface area contributed by atoms with Crippen molar-refractivity contribution in [1.82, 2.24) is 19.9 Å². The quantitative estimate of drug-likeness (QED) is 0.715. The fraction of sp³-hybridized carbons (Fsp3) is 0.154. The second-order valence-electron chi connectivity index (χ2n) is 4.09. The highest BCUT2D eigenvalue weighted by atomic mass is 16.3. The van der Waals surface area contributed by atoms with Gasteiger partial charge in [0.1, 0.15) is 23.8 Å². The van der Waals surface area contributed by atoms with Crippen LogP contribution in [0.4, 0.5) is 0 Å². The smallest absolute Gasteiger partial charge is 0.181 e. The first kappa shape index (κ1) is 10.9. The number of aliphatic hydroxyl groups excluding tert-OH is 1. The van der Waals surface area contributed by atoms with E-state index in [1.807, 2.05) is 37.3 Å². The number of nitrogens with one attached hydrogen (secondary N) is 1. The van der Waals surface area contributed by atoms with Crippen molar-refractivity contribution in [2.24, 2.45) is 0 Å². The lowest BCUT2D eigenvalue weighted by molar-refractivity contribution is 0.211. The Morgan fingerprint density at radius 3 is 2.67 bits per heavy atom. The van der Waals surface area contributed by atoms with E-state index in [2.05, 4.69) is 19.9 Å². The fourth-order valence-corrected chi connectivity index (χ4v) is 1.88. The van der Waals surface area contributed by atoms with Gasteiger partial charge in [-0.3, -0.25) is 0 Å². The number of hydrogen-bond donors (Lipinski definition) is 2. The first-order valence-corrected chi connectivity index (χ1v) is 5.66. The highest BCUT2D eigenvalue weighted by molar-refractivity contribution is 5.72.